The molecular weight excluding hydrogens is 750 g/mol. The van der Waals surface area contributed by atoms with E-state index in [9.17, 15) is 48.9 Å². The van der Waals surface area contributed by atoms with Crippen molar-refractivity contribution < 1.29 is 48.9 Å². The van der Waals surface area contributed by atoms with Gasteiger partial charge in [0.25, 0.3) is 0 Å². The largest absolute Gasteiger partial charge is 0.481 e. The summed E-state index contributed by atoms with van der Waals surface area (Å²) in [4.78, 5) is 96.2. The number of fused-ring (bicyclic) bond motifs is 1. The van der Waals surface area contributed by atoms with Crippen LogP contribution in [0.1, 0.15) is 36.0 Å². The molecule has 1 fully saturated rings. The molecule has 1 aliphatic rings. The normalized spacial score (nSPS) is 16.3. The molecule has 6 atom stereocenters. The lowest BCUT2D eigenvalue weighted by Crippen LogP contribution is -2.60. The summed E-state index contributed by atoms with van der Waals surface area (Å²) in [6.45, 7) is -0.826. The van der Waals surface area contributed by atoms with Crippen LogP contribution in [0.15, 0.2) is 91.1 Å². The topological polar surface area (TPSA) is 273 Å². The Labute approximate surface area is 333 Å². The molecule has 10 N–H and O–H groups in total. The third kappa shape index (κ3) is 11.3. The number of para-hydroxylation sites is 1. The van der Waals surface area contributed by atoms with Gasteiger partial charge in [-0.15, -0.1) is 0 Å². The first kappa shape index (κ1) is 42.6. The van der Waals surface area contributed by atoms with E-state index in [4.69, 9.17) is 5.73 Å². The number of nitrogens with one attached hydrogen (secondary N) is 5. The number of likely N-dealkylation sites (tertiary alicyclic amines) is 1. The van der Waals surface area contributed by atoms with Crippen LogP contribution in [0, 0.1) is 0 Å². The number of aromatic nitrogens is 1. The van der Waals surface area contributed by atoms with E-state index >= 15 is 0 Å². The molecule has 0 saturated carbocycles. The van der Waals surface area contributed by atoms with E-state index in [-0.39, 0.29) is 32.2 Å². The van der Waals surface area contributed by atoms with Gasteiger partial charge in [0.1, 0.15) is 30.2 Å². The lowest BCUT2D eigenvalue weighted by molar-refractivity contribution is -0.147. The number of carboxylic acid groups (broad SMARTS) is 2. The van der Waals surface area contributed by atoms with Crippen molar-refractivity contribution in [2.45, 2.75) is 74.8 Å². The molecule has 306 valence electrons. The van der Waals surface area contributed by atoms with Gasteiger partial charge in [0.05, 0.1) is 19.1 Å². The monoisotopic (exact) mass is 797 g/mol. The molecule has 4 aromatic rings. The molecule has 0 aliphatic carbocycles. The minimum atomic E-state index is -1.69. The summed E-state index contributed by atoms with van der Waals surface area (Å²) in [5, 5.41) is 40.4. The first-order valence-corrected chi connectivity index (χ1v) is 18.8. The van der Waals surface area contributed by atoms with E-state index in [1.807, 2.05) is 24.3 Å². The molecule has 1 saturated heterocycles. The summed E-state index contributed by atoms with van der Waals surface area (Å²) >= 11 is 0. The van der Waals surface area contributed by atoms with Crippen LogP contribution in [0.2, 0.25) is 0 Å². The van der Waals surface area contributed by atoms with Crippen LogP contribution in [-0.4, -0.2) is 116 Å². The number of nitrogens with zero attached hydrogens (tertiary/aromatic N) is 1. The molecule has 17 heteroatoms. The number of carbonyl (C=O) groups excluding carboxylic acids is 5. The van der Waals surface area contributed by atoms with Crippen molar-refractivity contribution in [3.05, 3.63) is 108 Å². The van der Waals surface area contributed by atoms with Crippen molar-refractivity contribution in [2.75, 3.05) is 13.2 Å². The van der Waals surface area contributed by atoms with Crippen LogP contribution in [0.25, 0.3) is 10.9 Å². The highest BCUT2D eigenvalue weighted by Crippen LogP contribution is 2.21. The Balaban J connectivity index is 1.28. The minimum Gasteiger partial charge on any atom is -0.481 e. The summed E-state index contributed by atoms with van der Waals surface area (Å²) in [5.74, 6) is -7.01. The second-order valence-electron chi connectivity index (χ2n) is 14.1. The number of benzene rings is 3. The fraction of sp³-hybridized carbons (Fsp3) is 0.341. The molecule has 3 aromatic carbocycles. The Bertz CT molecular complexity index is 2090. The number of aliphatic hydroxyl groups excluding tert-OH is 1. The van der Waals surface area contributed by atoms with Crippen LogP contribution in [-0.2, 0) is 52.8 Å². The maximum absolute atomic E-state index is 13.9. The zero-order chi connectivity index (χ0) is 41.8. The van der Waals surface area contributed by atoms with Crippen molar-refractivity contribution in [1.29, 1.82) is 0 Å². The molecule has 5 amide bonds. The zero-order valence-electron chi connectivity index (χ0n) is 31.5. The van der Waals surface area contributed by atoms with Gasteiger partial charge in [-0.3, -0.25) is 28.8 Å². The molecule has 58 heavy (non-hydrogen) atoms. The summed E-state index contributed by atoms with van der Waals surface area (Å²) in [7, 11) is 0. The van der Waals surface area contributed by atoms with Crippen molar-refractivity contribution in [3.63, 3.8) is 0 Å². The highest BCUT2D eigenvalue weighted by atomic mass is 16.4. The van der Waals surface area contributed by atoms with Crippen molar-refractivity contribution in [2.24, 2.45) is 5.73 Å². The first-order valence-electron chi connectivity index (χ1n) is 18.8. The summed E-state index contributed by atoms with van der Waals surface area (Å²) in [6, 6.07) is 16.3. The van der Waals surface area contributed by atoms with Crippen molar-refractivity contribution >= 4 is 52.4 Å². The third-order valence-electron chi connectivity index (χ3n) is 9.91. The van der Waals surface area contributed by atoms with Crippen LogP contribution < -0.4 is 27.0 Å². The average Bonchev–Trinajstić information content (AvgIpc) is 3.87. The number of hydrogen-bond acceptors (Lipinski definition) is 9. The lowest BCUT2D eigenvalue weighted by atomic mass is 10.0. The Hall–Kier alpha value is -6.59. The summed E-state index contributed by atoms with van der Waals surface area (Å²) < 4.78 is 0. The maximum Gasteiger partial charge on any atom is 0.326 e. The molecule has 2 heterocycles. The van der Waals surface area contributed by atoms with Crippen LogP contribution in [0.3, 0.4) is 0 Å². The van der Waals surface area contributed by atoms with E-state index in [1.54, 1.807) is 66.9 Å². The number of H-pyrrole nitrogens is 1. The van der Waals surface area contributed by atoms with E-state index in [1.165, 1.54) is 0 Å². The minimum absolute atomic E-state index is 0.0204. The maximum atomic E-state index is 13.9. The molecule has 5 rings (SSSR count). The van der Waals surface area contributed by atoms with Crippen LogP contribution >= 0.6 is 0 Å². The van der Waals surface area contributed by atoms with Crippen LogP contribution in [0.4, 0.5) is 0 Å². The Morgan fingerprint density at radius 1 is 0.707 bits per heavy atom. The molecule has 1 aliphatic heterocycles. The molecule has 0 spiro atoms. The number of aliphatic hydroxyl groups is 1. The Morgan fingerprint density at radius 3 is 1.90 bits per heavy atom. The molecule has 1 aromatic heterocycles. The first-order chi connectivity index (χ1) is 27.8. The van der Waals surface area contributed by atoms with Gasteiger partial charge in [-0.05, 0) is 42.0 Å². The van der Waals surface area contributed by atoms with Gasteiger partial charge in [0, 0.05) is 36.5 Å². The van der Waals surface area contributed by atoms with Gasteiger partial charge in [0.15, 0.2) is 0 Å². The van der Waals surface area contributed by atoms with E-state index in [0.29, 0.717) is 17.5 Å². The number of aromatic amines is 1. The molecule has 0 radical (unpaired) electrons. The lowest BCUT2D eigenvalue weighted by Gasteiger charge is -2.30. The number of nitrogens with two attached hydrogens (primary N) is 1. The summed E-state index contributed by atoms with van der Waals surface area (Å²) in [6.07, 6.45) is 1.32. The Morgan fingerprint density at radius 2 is 1.28 bits per heavy atom. The zero-order valence-corrected chi connectivity index (χ0v) is 31.5. The number of rotatable bonds is 19. The van der Waals surface area contributed by atoms with E-state index < -0.39 is 90.8 Å². The predicted molar refractivity (Wildman–Crippen MR) is 210 cm³/mol. The van der Waals surface area contributed by atoms with E-state index in [2.05, 4.69) is 26.3 Å². The fourth-order valence-electron chi connectivity index (χ4n) is 6.90. The third-order valence-corrected chi connectivity index (χ3v) is 9.91. The SMILES string of the molecule is N[C@@H](Cc1c[nH]c2ccccc12)C(=O)N[C@@H](CO)C(=O)N[C@@H](Cc1ccccc1)C(=O)N[C@@H](CC(=O)O)C(=O)N1CCC[C@H]1C(=O)N[C@@H](Cc1ccccc1)C(=O)O. The molecular formula is C41H47N7O10. The number of hydrogen-bond donors (Lipinski definition) is 9. The van der Waals surface area contributed by atoms with Crippen LogP contribution in [0.5, 0.6) is 0 Å². The second-order valence-corrected chi connectivity index (χ2v) is 14.1. The average molecular weight is 798 g/mol. The smallest absolute Gasteiger partial charge is 0.326 e. The van der Waals surface area contributed by atoms with Gasteiger partial charge in [-0.2, -0.15) is 0 Å². The molecule has 0 unspecified atom stereocenters. The number of aliphatic carboxylic acids is 2. The predicted octanol–water partition coefficient (Wildman–Crippen LogP) is 0.00490. The molecule has 17 nitrogen and oxygen atoms in total. The molecule has 0 bridgehead atoms. The highest BCUT2D eigenvalue weighted by Gasteiger charge is 2.40. The Kier molecular flexibility index (Phi) is 14.7. The van der Waals surface area contributed by atoms with Gasteiger partial charge >= 0.3 is 11.9 Å². The highest BCUT2D eigenvalue weighted by molar-refractivity contribution is 5.98. The van der Waals surface area contributed by atoms with E-state index in [0.717, 1.165) is 21.4 Å². The van der Waals surface area contributed by atoms with Gasteiger partial charge < -0.3 is 52.2 Å². The quantitative estimate of drug-likeness (QED) is 0.0610. The second kappa shape index (κ2) is 20.0. The van der Waals surface area contributed by atoms with Crippen molar-refractivity contribution in [3.8, 4) is 0 Å². The van der Waals surface area contributed by atoms with Gasteiger partial charge in [0.2, 0.25) is 29.5 Å². The fourth-order valence-corrected chi connectivity index (χ4v) is 6.90. The summed E-state index contributed by atoms with van der Waals surface area (Å²) in [5.41, 5.74) is 9.04. The number of carboxylic acids is 2. The standard InChI is InChI=1S/C41H47N7O10/c42-28(20-26-22-43-29-15-8-7-14-27(26)29)36(52)47-33(23-49)38(54)44-30(18-24-10-3-1-4-11-24)37(53)45-31(21-35(50)51)40(56)48-17-9-16-34(48)39(55)46-32(41(57)58)19-25-12-5-2-6-13-25/h1-8,10-15,22,28,30-34,43,49H,9,16-21,23,42H2,(H,44,54)(H,45,53)(H,46,55)(H,47,52)(H,50,51)(H,57,58)/t28-,30-,31-,32-,33-,34-/m0/s1. The van der Waals surface area contributed by atoms with Gasteiger partial charge in [-0.1, -0.05) is 78.9 Å². The number of amides is 5. The van der Waals surface area contributed by atoms with Crippen molar-refractivity contribution in [1.82, 2.24) is 31.2 Å². The number of carbonyl (C=O) groups is 7. The van der Waals surface area contributed by atoms with Gasteiger partial charge in [-0.25, -0.2) is 4.79 Å².